The molecular formula is C22H22N4O3. The summed E-state index contributed by atoms with van der Waals surface area (Å²) in [5.41, 5.74) is 2.82. The van der Waals surface area contributed by atoms with Gasteiger partial charge in [-0.15, -0.1) is 0 Å². The van der Waals surface area contributed by atoms with E-state index in [0.29, 0.717) is 12.4 Å². The maximum atomic E-state index is 13.1. The number of benzene rings is 2. The number of nitrogens with zero attached hydrogens (tertiary/aromatic N) is 2. The summed E-state index contributed by atoms with van der Waals surface area (Å²) in [6, 6.07) is 16.8. The summed E-state index contributed by atoms with van der Waals surface area (Å²) in [5, 5.41) is 4.22. The standard InChI is InChI=1S/C22H22N4O3/c1-2-29-20(27)14-26-21(28)19(25-22(26)24-16-8-4-3-5-9-16)12-15-13-23-18-11-7-6-10-17(15)18/h3-11,13,19,23H,2,12,14H2,1H3,(H,24,25)/t19-/m0/s1. The quantitative estimate of drug-likeness (QED) is 0.634. The first-order valence-electron chi connectivity index (χ1n) is 9.57. The van der Waals surface area contributed by atoms with Gasteiger partial charge in [0.15, 0.2) is 0 Å². The number of para-hydroxylation sites is 2. The summed E-state index contributed by atoms with van der Waals surface area (Å²) in [6.07, 6.45) is 2.36. The fourth-order valence-electron chi connectivity index (χ4n) is 3.44. The third-order valence-electron chi connectivity index (χ3n) is 4.80. The maximum Gasteiger partial charge on any atom is 0.326 e. The largest absolute Gasteiger partial charge is 0.465 e. The Morgan fingerprint density at radius 3 is 2.72 bits per heavy atom. The lowest BCUT2D eigenvalue weighted by molar-refractivity contribution is -0.146. The van der Waals surface area contributed by atoms with Crippen LogP contribution < -0.4 is 5.32 Å². The summed E-state index contributed by atoms with van der Waals surface area (Å²) >= 11 is 0. The molecule has 0 radical (unpaired) electrons. The monoisotopic (exact) mass is 390 g/mol. The van der Waals surface area contributed by atoms with Gasteiger partial charge in [-0.1, -0.05) is 36.4 Å². The lowest BCUT2D eigenvalue weighted by Crippen LogP contribution is -2.42. The molecule has 1 aromatic heterocycles. The Balaban J connectivity index is 1.59. The molecule has 2 N–H and O–H groups in total. The normalized spacial score (nSPS) is 16.2. The van der Waals surface area contributed by atoms with Crippen LogP contribution >= 0.6 is 0 Å². The lowest BCUT2D eigenvalue weighted by atomic mass is 10.1. The molecule has 148 valence electrons. The first kappa shape index (κ1) is 18.7. The van der Waals surface area contributed by atoms with Crippen molar-refractivity contribution in [2.45, 2.75) is 19.4 Å². The molecule has 1 atom stereocenters. The van der Waals surface area contributed by atoms with Crippen LogP contribution in [0.1, 0.15) is 12.5 Å². The van der Waals surface area contributed by atoms with Gasteiger partial charge >= 0.3 is 5.97 Å². The average Bonchev–Trinajstić information content (AvgIpc) is 3.26. The number of amides is 1. The van der Waals surface area contributed by atoms with Crippen molar-refractivity contribution in [3.8, 4) is 0 Å². The second kappa shape index (κ2) is 8.18. The minimum atomic E-state index is -0.602. The predicted octanol–water partition coefficient (Wildman–Crippen LogP) is 2.95. The second-order valence-corrected chi connectivity index (χ2v) is 6.75. The van der Waals surface area contributed by atoms with E-state index in [1.165, 1.54) is 4.90 Å². The van der Waals surface area contributed by atoms with Crippen LogP contribution in [0.5, 0.6) is 0 Å². The highest BCUT2D eigenvalue weighted by atomic mass is 16.5. The number of carbonyl (C=O) groups is 2. The van der Waals surface area contributed by atoms with Crippen LogP contribution in [0.25, 0.3) is 10.9 Å². The molecular weight excluding hydrogens is 368 g/mol. The molecule has 29 heavy (non-hydrogen) atoms. The van der Waals surface area contributed by atoms with Crippen molar-refractivity contribution >= 4 is 34.4 Å². The number of carbonyl (C=O) groups excluding carboxylic acids is 2. The van der Waals surface area contributed by atoms with Crippen molar-refractivity contribution in [3.05, 3.63) is 66.4 Å². The van der Waals surface area contributed by atoms with Gasteiger partial charge in [-0.25, -0.2) is 4.99 Å². The van der Waals surface area contributed by atoms with Crippen LogP contribution in [0.2, 0.25) is 0 Å². The number of rotatable bonds is 6. The predicted molar refractivity (Wildman–Crippen MR) is 112 cm³/mol. The van der Waals surface area contributed by atoms with Crippen molar-refractivity contribution in [1.82, 2.24) is 9.88 Å². The molecule has 0 saturated carbocycles. The molecule has 0 saturated heterocycles. The van der Waals surface area contributed by atoms with E-state index in [9.17, 15) is 9.59 Å². The van der Waals surface area contributed by atoms with Gasteiger partial charge in [0.05, 0.1) is 6.61 Å². The Hall–Kier alpha value is -3.61. The summed E-state index contributed by atoms with van der Waals surface area (Å²) in [7, 11) is 0. The topological polar surface area (TPSA) is 86.8 Å². The molecule has 0 spiro atoms. The molecule has 0 fully saturated rings. The summed E-state index contributed by atoms with van der Waals surface area (Å²) in [6.45, 7) is 1.83. The number of nitrogens with one attached hydrogen (secondary N) is 2. The number of guanidine groups is 1. The van der Waals surface area contributed by atoms with E-state index in [2.05, 4.69) is 15.3 Å². The number of aromatic amines is 1. The van der Waals surface area contributed by atoms with Crippen LogP contribution in [0.3, 0.4) is 0 Å². The number of esters is 1. The third kappa shape index (κ3) is 3.99. The van der Waals surface area contributed by atoms with Gasteiger partial charge in [0.1, 0.15) is 12.6 Å². The molecule has 7 heteroatoms. The number of aliphatic imine (C=N–C) groups is 1. The number of H-pyrrole nitrogens is 1. The fraction of sp³-hybridized carbons (Fsp3) is 0.227. The van der Waals surface area contributed by atoms with E-state index in [0.717, 1.165) is 22.2 Å². The highest BCUT2D eigenvalue weighted by Gasteiger charge is 2.36. The first-order valence-corrected chi connectivity index (χ1v) is 9.57. The van der Waals surface area contributed by atoms with Crippen LogP contribution in [0.15, 0.2) is 65.8 Å². The number of hydrogen-bond donors (Lipinski definition) is 2. The number of hydrogen-bond acceptors (Lipinski definition) is 5. The minimum Gasteiger partial charge on any atom is -0.465 e. The van der Waals surface area contributed by atoms with E-state index in [1.54, 1.807) is 6.92 Å². The fourth-order valence-corrected chi connectivity index (χ4v) is 3.44. The van der Waals surface area contributed by atoms with Crippen molar-refractivity contribution in [2.75, 3.05) is 18.5 Å². The zero-order valence-corrected chi connectivity index (χ0v) is 16.1. The van der Waals surface area contributed by atoms with Gasteiger partial charge in [-0.3, -0.25) is 14.5 Å². The summed E-state index contributed by atoms with van der Waals surface area (Å²) < 4.78 is 5.03. The Bertz CT molecular complexity index is 1060. The summed E-state index contributed by atoms with van der Waals surface area (Å²) in [4.78, 5) is 34.3. The van der Waals surface area contributed by atoms with Crippen molar-refractivity contribution < 1.29 is 14.3 Å². The Kier molecular flexibility index (Phi) is 5.29. The van der Waals surface area contributed by atoms with Gasteiger partial charge in [-0.05, 0) is 30.7 Å². The van der Waals surface area contributed by atoms with Crippen molar-refractivity contribution in [2.24, 2.45) is 4.99 Å². The molecule has 3 aromatic rings. The zero-order valence-electron chi connectivity index (χ0n) is 16.1. The van der Waals surface area contributed by atoms with E-state index >= 15 is 0 Å². The van der Waals surface area contributed by atoms with Crippen LogP contribution in [-0.2, 0) is 20.7 Å². The SMILES string of the molecule is CCOC(=O)CN1C(=O)[C@H](Cc2c[nH]c3ccccc23)N=C1Nc1ccccc1. The molecule has 1 aliphatic heterocycles. The molecule has 0 bridgehead atoms. The van der Waals surface area contributed by atoms with Gasteiger partial charge in [-0.2, -0.15) is 0 Å². The second-order valence-electron chi connectivity index (χ2n) is 6.75. The molecule has 0 unspecified atom stereocenters. The van der Waals surface area contributed by atoms with Crippen molar-refractivity contribution in [1.29, 1.82) is 0 Å². The number of ether oxygens (including phenoxy) is 1. The average molecular weight is 390 g/mol. The van der Waals surface area contributed by atoms with Gasteiger partial charge < -0.3 is 15.0 Å². The smallest absolute Gasteiger partial charge is 0.326 e. The molecule has 0 aliphatic carbocycles. The number of aromatic nitrogens is 1. The van der Waals surface area contributed by atoms with Gasteiger partial charge in [0.2, 0.25) is 5.96 Å². The maximum absolute atomic E-state index is 13.1. The van der Waals surface area contributed by atoms with Crippen LogP contribution in [-0.4, -0.2) is 46.9 Å². The molecule has 2 aromatic carbocycles. The van der Waals surface area contributed by atoms with E-state index < -0.39 is 12.0 Å². The van der Waals surface area contributed by atoms with Gasteiger partial charge in [0, 0.05) is 29.2 Å². The number of anilines is 1. The van der Waals surface area contributed by atoms with E-state index in [-0.39, 0.29) is 19.1 Å². The minimum absolute atomic E-state index is 0.171. The van der Waals surface area contributed by atoms with Crippen LogP contribution in [0.4, 0.5) is 5.69 Å². The Morgan fingerprint density at radius 1 is 1.17 bits per heavy atom. The highest BCUT2D eigenvalue weighted by Crippen LogP contribution is 2.23. The molecule has 1 aliphatic rings. The Labute approximate surface area is 168 Å². The highest BCUT2D eigenvalue weighted by molar-refractivity contribution is 6.12. The van der Waals surface area contributed by atoms with E-state index in [4.69, 9.17) is 4.74 Å². The third-order valence-corrected chi connectivity index (χ3v) is 4.80. The van der Waals surface area contributed by atoms with Crippen molar-refractivity contribution in [3.63, 3.8) is 0 Å². The molecule has 7 nitrogen and oxygen atoms in total. The Morgan fingerprint density at radius 2 is 1.93 bits per heavy atom. The zero-order chi connectivity index (χ0) is 20.2. The number of fused-ring (bicyclic) bond motifs is 1. The van der Waals surface area contributed by atoms with Gasteiger partial charge in [0.25, 0.3) is 5.91 Å². The molecule has 2 heterocycles. The molecule has 4 rings (SSSR count). The van der Waals surface area contributed by atoms with E-state index in [1.807, 2.05) is 60.8 Å². The first-order chi connectivity index (χ1) is 14.2. The lowest BCUT2D eigenvalue weighted by Gasteiger charge is -2.19. The summed E-state index contributed by atoms with van der Waals surface area (Å²) in [5.74, 6) is -0.322. The molecule has 1 amide bonds. The van der Waals surface area contributed by atoms with Crippen LogP contribution in [0, 0.1) is 0 Å².